The number of carbonyl (C=O) groups is 1. The van der Waals surface area contributed by atoms with Crippen LogP contribution in [0.3, 0.4) is 0 Å². The number of ether oxygens (including phenoxy) is 2. The predicted octanol–water partition coefficient (Wildman–Crippen LogP) is 1.02. The molecule has 0 rings (SSSR count). The predicted molar refractivity (Wildman–Crippen MR) is 42.6 cm³/mol. The van der Waals surface area contributed by atoms with E-state index in [1.54, 1.807) is 0 Å². The van der Waals surface area contributed by atoms with E-state index in [1.807, 2.05) is 13.8 Å². The van der Waals surface area contributed by atoms with Crippen LogP contribution in [0.1, 0.15) is 20.3 Å². The van der Waals surface area contributed by atoms with Crippen LogP contribution >= 0.6 is 0 Å². The maximum absolute atomic E-state index is 10.8. The van der Waals surface area contributed by atoms with Gasteiger partial charge in [0.05, 0.1) is 12.7 Å². The van der Waals surface area contributed by atoms with Gasteiger partial charge in [-0.2, -0.15) is 0 Å². The monoisotopic (exact) mass is 160 g/mol. The summed E-state index contributed by atoms with van der Waals surface area (Å²) in [5.41, 5.74) is 0. The molecule has 66 valence electrons. The molecule has 0 radical (unpaired) electrons. The number of ketones is 1. The van der Waals surface area contributed by atoms with E-state index in [1.165, 1.54) is 7.11 Å². The second-order valence-electron chi connectivity index (χ2n) is 2.64. The SMILES string of the molecule is COCC(=O)CCOC(C)C. The summed E-state index contributed by atoms with van der Waals surface area (Å²) >= 11 is 0. The molecule has 0 aromatic rings. The fourth-order valence-electron chi connectivity index (χ4n) is 0.642. The quantitative estimate of drug-likeness (QED) is 0.582. The Hall–Kier alpha value is -0.410. The van der Waals surface area contributed by atoms with Crippen molar-refractivity contribution in [1.29, 1.82) is 0 Å². The molecule has 0 saturated heterocycles. The van der Waals surface area contributed by atoms with E-state index in [2.05, 4.69) is 4.74 Å². The molecule has 0 heterocycles. The van der Waals surface area contributed by atoms with Crippen LogP contribution < -0.4 is 0 Å². The summed E-state index contributed by atoms with van der Waals surface area (Å²) in [5, 5.41) is 0. The Bertz CT molecular complexity index is 110. The van der Waals surface area contributed by atoms with Gasteiger partial charge >= 0.3 is 0 Å². The van der Waals surface area contributed by atoms with E-state index in [4.69, 9.17) is 4.74 Å². The van der Waals surface area contributed by atoms with Crippen molar-refractivity contribution < 1.29 is 14.3 Å². The molecule has 0 unspecified atom stereocenters. The average Bonchev–Trinajstić information content (AvgIpc) is 1.87. The third-order valence-corrected chi connectivity index (χ3v) is 1.14. The molecule has 0 aromatic carbocycles. The van der Waals surface area contributed by atoms with Crippen LogP contribution in [0, 0.1) is 0 Å². The maximum atomic E-state index is 10.8. The molecule has 0 aliphatic rings. The lowest BCUT2D eigenvalue weighted by Gasteiger charge is -2.05. The molecule has 0 aromatic heterocycles. The van der Waals surface area contributed by atoms with Crippen molar-refractivity contribution in [1.82, 2.24) is 0 Å². The second kappa shape index (κ2) is 6.31. The van der Waals surface area contributed by atoms with E-state index >= 15 is 0 Å². The Kier molecular flexibility index (Phi) is 6.07. The maximum Gasteiger partial charge on any atom is 0.160 e. The van der Waals surface area contributed by atoms with Crippen molar-refractivity contribution >= 4 is 5.78 Å². The van der Waals surface area contributed by atoms with E-state index in [0.717, 1.165) is 0 Å². The Morgan fingerprint density at radius 2 is 2.09 bits per heavy atom. The fourth-order valence-corrected chi connectivity index (χ4v) is 0.642. The molecule has 0 fully saturated rings. The number of hydrogen-bond acceptors (Lipinski definition) is 3. The van der Waals surface area contributed by atoms with Crippen molar-refractivity contribution in [2.45, 2.75) is 26.4 Å². The molecule has 11 heavy (non-hydrogen) atoms. The molecule has 0 amide bonds. The summed E-state index contributed by atoms with van der Waals surface area (Å²) in [4.78, 5) is 10.8. The number of carbonyl (C=O) groups excluding carboxylic acids is 1. The normalized spacial score (nSPS) is 10.5. The zero-order valence-electron chi connectivity index (χ0n) is 7.42. The largest absolute Gasteiger partial charge is 0.378 e. The lowest BCUT2D eigenvalue weighted by Crippen LogP contribution is -2.12. The van der Waals surface area contributed by atoms with Crippen LogP contribution in [0.5, 0.6) is 0 Å². The van der Waals surface area contributed by atoms with Crippen LogP contribution in [0.2, 0.25) is 0 Å². The molecule has 0 aliphatic heterocycles. The van der Waals surface area contributed by atoms with E-state index in [9.17, 15) is 4.79 Å². The molecular formula is C8H16O3. The molecule has 0 atom stereocenters. The van der Waals surface area contributed by atoms with Gasteiger partial charge in [0.15, 0.2) is 5.78 Å². The molecule has 3 nitrogen and oxygen atoms in total. The van der Waals surface area contributed by atoms with Gasteiger partial charge in [0.2, 0.25) is 0 Å². The summed E-state index contributed by atoms with van der Waals surface area (Å²) in [7, 11) is 1.52. The molecule has 0 N–H and O–H groups in total. The molecule has 0 aliphatic carbocycles. The third kappa shape index (κ3) is 7.49. The van der Waals surface area contributed by atoms with Crippen molar-refractivity contribution in [3.8, 4) is 0 Å². The summed E-state index contributed by atoms with van der Waals surface area (Å²) in [6, 6.07) is 0. The Labute approximate surface area is 67.7 Å². The lowest BCUT2D eigenvalue weighted by molar-refractivity contribution is -0.124. The van der Waals surface area contributed by atoms with Crippen LogP contribution in [0.25, 0.3) is 0 Å². The highest BCUT2D eigenvalue weighted by Crippen LogP contribution is 1.91. The first kappa shape index (κ1) is 10.6. The van der Waals surface area contributed by atoms with Crippen LogP contribution in [0.4, 0.5) is 0 Å². The minimum atomic E-state index is 0.0909. The van der Waals surface area contributed by atoms with Gasteiger partial charge in [-0.3, -0.25) is 4.79 Å². The molecular weight excluding hydrogens is 144 g/mol. The standard InChI is InChI=1S/C8H16O3/c1-7(2)11-5-4-8(9)6-10-3/h7H,4-6H2,1-3H3. The van der Waals surface area contributed by atoms with E-state index in [-0.39, 0.29) is 18.5 Å². The Balaban J connectivity index is 3.17. The highest BCUT2D eigenvalue weighted by atomic mass is 16.5. The summed E-state index contributed by atoms with van der Waals surface area (Å²) in [6.45, 7) is 4.59. The van der Waals surface area contributed by atoms with Gasteiger partial charge < -0.3 is 9.47 Å². The molecule has 3 heteroatoms. The van der Waals surface area contributed by atoms with Crippen LogP contribution in [0.15, 0.2) is 0 Å². The van der Waals surface area contributed by atoms with Crippen molar-refractivity contribution in [3.05, 3.63) is 0 Å². The lowest BCUT2D eigenvalue weighted by atomic mass is 10.3. The van der Waals surface area contributed by atoms with Crippen LogP contribution in [-0.4, -0.2) is 32.2 Å². The third-order valence-electron chi connectivity index (χ3n) is 1.14. The number of methoxy groups -OCH3 is 1. The van der Waals surface area contributed by atoms with E-state index < -0.39 is 0 Å². The fraction of sp³-hybridized carbons (Fsp3) is 0.875. The highest BCUT2D eigenvalue weighted by Gasteiger charge is 2.00. The van der Waals surface area contributed by atoms with Gasteiger partial charge in [0, 0.05) is 13.5 Å². The zero-order chi connectivity index (χ0) is 8.69. The minimum Gasteiger partial charge on any atom is -0.378 e. The zero-order valence-corrected chi connectivity index (χ0v) is 7.42. The summed E-state index contributed by atoms with van der Waals surface area (Å²) in [5.74, 6) is 0.0909. The van der Waals surface area contributed by atoms with Gasteiger partial charge in [-0.1, -0.05) is 0 Å². The van der Waals surface area contributed by atoms with Gasteiger partial charge in [-0.05, 0) is 13.8 Å². The topological polar surface area (TPSA) is 35.5 Å². The molecule has 0 bridgehead atoms. The minimum absolute atomic E-state index is 0.0909. The molecule has 0 saturated carbocycles. The van der Waals surface area contributed by atoms with Crippen LogP contribution in [-0.2, 0) is 14.3 Å². The van der Waals surface area contributed by atoms with Crippen molar-refractivity contribution in [3.63, 3.8) is 0 Å². The summed E-state index contributed by atoms with van der Waals surface area (Å²) in [6.07, 6.45) is 0.650. The Morgan fingerprint density at radius 3 is 2.55 bits per heavy atom. The second-order valence-corrected chi connectivity index (χ2v) is 2.64. The Morgan fingerprint density at radius 1 is 1.45 bits per heavy atom. The number of Topliss-reactive ketones (excluding diaryl/α,β-unsaturated/α-hetero) is 1. The number of hydrogen-bond donors (Lipinski definition) is 0. The van der Waals surface area contributed by atoms with Crippen molar-refractivity contribution in [2.24, 2.45) is 0 Å². The average molecular weight is 160 g/mol. The first-order valence-corrected chi connectivity index (χ1v) is 3.79. The summed E-state index contributed by atoms with van der Waals surface area (Å²) < 4.78 is 9.84. The van der Waals surface area contributed by atoms with Gasteiger partial charge in [-0.15, -0.1) is 0 Å². The highest BCUT2D eigenvalue weighted by molar-refractivity contribution is 5.79. The van der Waals surface area contributed by atoms with Gasteiger partial charge in [0.1, 0.15) is 6.61 Å². The molecule has 0 spiro atoms. The van der Waals surface area contributed by atoms with Gasteiger partial charge in [-0.25, -0.2) is 0 Å². The first-order chi connectivity index (χ1) is 5.16. The number of rotatable bonds is 6. The van der Waals surface area contributed by atoms with Gasteiger partial charge in [0.25, 0.3) is 0 Å². The first-order valence-electron chi connectivity index (χ1n) is 3.79. The van der Waals surface area contributed by atoms with E-state index in [0.29, 0.717) is 13.0 Å². The van der Waals surface area contributed by atoms with Crippen molar-refractivity contribution in [2.75, 3.05) is 20.3 Å². The smallest absolute Gasteiger partial charge is 0.160 e.